The number of ether oxygens (including phenoxy) is 1. The normalized spacial score (nSPS) is 19.7. The van der Waals surface area contributed by atoms with Crippen LogP contribution in [0.1, 0.15) is 37.8 Å². The molecule has 2 aliphatic rings. The van der Waals surface area contributed by atoms with Crippen LogP contribution in [0.15, 0.2) is 36.2 Å². The number of carbonyl (C=O) groups excluding carboxylic acids is 1. The van der Waals surface area contributed by atoms with Gasteiger partial charge >= 0.3 is 0 Å². The van der Waals surface area contributed by atoms with Crippen molar-refractivity contribution in [1.82, 2.24) is 24.6 Å². The Labute approximate surface area is 152 Å². The zero-order valence-corrected chi connectivity index (χ0v) is 15.0. The van der Waals surface area contributed by atoms with Crippen molar-refractivity contribution in [2.75, 3.05) is 6.54 Å². The van der Waals surface area contributed by atoms with Gasteiger partial charge in [-0.15, -0.1) is 10.2 Å². The lowest BCUT2D eigenvalue weighted by molar-refractivity contribution is -0.129. The Bertz CT molecular complexity index is 815. The largest absolute Gasteiger partial charge is 0.484 e. The molecule has 2 aromatic rings. The summed E-state index contributed by atoms with van der Waals surface area (Å²) in [6.07, 6.45) is 9.19. The van der Waals surface area contributed by atoms with E-state index in [0.717, 1.165) is 36.5 Å². The van der Waals surface area contributed by atoms with Crippen molar-refractivity contribution < 1.29 is 9.53 Å². The fourth-order valence-corrected chi connectivity index (χ4v) is 3.62. The highest BCUT2D eigenvalue weighted by molar-refractivity contribution is 5.94. The summed E-state index contributed by atoms with van der Waals surface area (Å²) in [5, 5.41) is 8.62. The molecule has 7 nitrogen and oxygen atoms in total. The molecule has 0 spiro atoms. The predicted molar refractivity (Wildman–Crippen MR) is 95.4 cm³/mol. The number of carbonyl (C=O) groups is 1. The summed E-state index contributed by atoms with van der Waals surface area (Å²) in [5.74, 6) is 2.59. The van der Waals surface area contributed by atoms with Gasteiger partial charge in [0.05, 0.1) is 6.20 Å². The molecule has 1 unspecified atom stereocenters. The second-order valence-corrected chi connectivity index (χ2v) is 6.83. The van der Waals surface area contributed by atoms with E-state index in [1.54, 1.807) is 12.4 Å². The van der Waals surface area contributed by atoms with E-state index in [4.69, 9.17) is 4.74 Å². The molecular formula is C19H23N5O2. The van der Waals surface area contributed by atoms with E-state index in [-0.39, 0.29) is 11.9 Å². The maximum absolute atomic E-state index is 12.8. The Balaban J connectivity index is 1.46. The average molecular weight is 353 g/mol. The molecule has 26 heavy (non-hydrogen) atoms. The van der Waals surface area contributed by atoms with Gasteiger partial charge in [0.1, 0.15) is 18.2 Å². The Kier molecular flexibility index (Phi) is 4.69. The molecule has 0 fully saturated rings. The molecule has 4 rings (SSSR count). The van der Waals surface area contributed by atoms with Crippen molar-refractivity contribution in [3.63, 3.8) is 0 Å². The van der Waals surface area contributed by atoms with Gasteiger partial charge in [-0.05, 0) is 38.3 Å². The third-order valence-electron chi connectivity index (χ3n) is 5.06. The van der Waals surface area contributed by atoms with Crippen molar-refractivity contribution in [2.24, 2.45) is 0 Å². The smallest absolute Gasteiger partial charge is 0.249 e. The van der Waals surface area contributed by atoms with Crippen LogP contribution >= 0.6 is 0 Å². The highest BCUT2D eigenvalue weighted by atomic mass is 16.5. The second-order valence-electron chi connectivity index (χ2n) is 6.83. The van der Waals surface area contributed by atoms with Crippen molar-refractivity contribution in [1.29, 1.82) is 0 Å². The summed E-state index contributed by atoms with van der Waals surface area (Å²) in [6, 6.07) is 3.81. The van der Waals surface area contributed by atoms with E-state index in [2.05, 4.69) is 32.7 Å². The van der Waals surface area contributed by atoms with Crippen LogP contribution < -0.4 is 4.74 Å². The summed E-state index contributed by atoms with van der Waals surface area (Å²) >= 11 is 0. The highest BCUT2D eigenvalue weighted by Gasteiger charge is 2.29. The number of rotatable bonds is 4. The monoisotopic (exact) mass is 353 g/mol. The van der Waals surface area contributed by atoms with E-state index in [0.29, 0.717) is 31.9 Å². The van der Waals surface area contributed by atoms with Crippen LogP contribution in [0.2, 0.25) is 0 Å². The third-order valence-corrected chi connectivity index (χ3v) is 5.06. The maximum Gasteiger partial charge on any atom is 0.249 e. The van der Waals surface area contributed by atoms with Crippen LogP contribution in [0, 0.1) is 0 Å². The molecular weight excluding hydrogens is 330 g/mol. The van der Waals surface area contributed by atoms with Gasteiger partial charge in [-0.1, -0.05) is 6.08 Å². The van der Waals surface area contributed by atoms with Gasteiger partial charge < -0.3 is 14.2 Å². The number of nitrogens with zero attached hydrogens (tertiary/aromatic N) is 5. The van der Waals surface area contributed by atoms with Gasteiger partial charge in [0.25, 0.3) is 0 Å². The molecule has 7 heteroatoms. The molecule has 1 amide bonds. The minimum Gasteiger partial charge on any atom is -0.484 e. The fraction of sp³-hybridized carbons (Fsp3) is 0.474. The minimum atomic E-state index is 0.113. The summed E-state index contributed by atoms with van der Waals surface area (Å²) in [5.41, 5.74) is 0.967. The zero-order chi connectivity index (χ0) is 17.9. The number of pyridine rings is 1. The van der Waals surface area contributed by atoms with E-state index in [9.17, 15) is 4.79 Å². The third kappa shape index (κ3) is 3.34. The average Bonchev–Trinajstić information content (AvgIpc) is 3.28. The predicted octanol–water partition coefficient (Wildman–Crippen LogP) is 2.14. The van der Waals surface area contributed by atoms with Crippen molar-refractivity contribution >= 4 is 5.91 Å². The number of aromatic nitrogens is 4. The van der Waals surface area contributed by atoms with E-state index >= 15 is 0 Å². The van der Waals surface area contributed by atoms with E-state index in [1.165, 1.54) is 0 Å². The SMILES string of the molecule is CC1Cc2nnc(COc3cccnc3)n2CCN1C(=O)C1=CCCC1. The fourth-order valence-electron chi connectivity index (χ4n) is 3.62. The van der Waals surface area contributed by atoms with Gasteiger partial charge in [0, 0.05) is 37.3 Å². The molecule has 2 aromatic heterocycles. The summed E-state index contributed by atoms with van der Waals surface area (Å²) in [4.78, 5) is 18.8. The molecule has 0 radical (unpaired) electrons. The van der Waals surface area contributed by atoms with Crippen molar-refractivity contribution in [3.05, 3.63) is 47.8 Å². The number of hydrogen-bond donors (Lipinski definition) is 0. The number of amides is 1. The van der Waals surface area contributed by atoms with E-state index < -0.39 is 0 Å². The topological polar surface area (TPSA) is 73.1 Å². The lowest BCUT2D eigenvalue weighted by Gasteiger charge is -2.27. The van der Waals surface area contributed by atoms with Crippen molar-refractivity contribution in [3.8, 4) is 5.75 Å². The van der Waals surface area contributed by atoms with Gasteiger partial charge in [-0.3, -0.25) is 9.78 Å². The van der Waals surface area contributed by atoms with Crippen LogP contribution in [0.25, 0.3) is 0 Å². The molecule has 3 heterocycles. The number of fused-ring (bicyclic) bond motifs is 1. The molecule has 0 N–H and O–H groups in total. The molecule has 136 valence electrons. The van der Waals surface area contributed by atoms with Crippen LogP contribution in [0.4, 0.5) is 0 Å². The summed E-state index contributed by atoms with van der Waals surface area (Å²) in [7, 11) is 0. The minimum absolute atomic E-state index is 0.113. The molecule has 0 saturated carbocycles. The zero-order valence-electron chi connectivity index (χ0n) is 15.0. The highest BCUT2D eigenvalue weighted by Crippen LogP contribution is 2.23. The van der Waals surface area contributed by atoms with Crippen molar-refractivity contribution in [2.45, 2.75) is 51.8 Å². The van der Waals surface area contributed by atoms with Crippen LogP contribution in [-0.2, 0) is 24.4 Å². The molecule has 0 saturated heterocycles. The van der Waals surface area contributed by atoms with Gasteiger partial charge in [0.2, 0.25) is 5.91 Å². The number of allylic oxidation sites excluding steroid dienone is 1. The molecule has 0 aromatic carbocycles. The number of hydrogen-bond acceptors (Lipinski definition) is 5. The van der Waals surface area contributed by atoms with Gasteiger partial charge in [-0.25, -0.2) is 0 Å². The molecule has 1 aliphatic heterocycles. The van der Waals surface area contributed by atoms with E-state index in [1.807, 2.05) is 17.0 Å². The first kappa shape index (κ1) is 16.8. The van der Waals surface area contributed by atoms with Crippen LogP contribution in [-0.4, -0.2) is 43.1 Å². The quantitative estimate of drug-likeness (QED) is 0.842. The summed E-state index contributed by atoms with van der Waals surface area (Å²) < 4.78 is 7.85. The Hall–Kier alpha value is -2.70. The lowest BCUT2D eigenvalue weighted by Crippen LogP contribution is -2.40. The van der Waals surface area contributed by atoms with Crippen LogP contribution in [0.3, 0.4) is 0 Å². The first-order valence-corrected chi connectivity index (χ1v) is 9.16. The standard InChI is InChI=1S/C19H23N5O2/c1-14-11-17-21-22-18(13-26-16-7-4-8-20-12-16)24(17)10-9-23(14)19(25)15-5-2-3-6-15/h4-5,7-8,12,14H,2-3,6,9-11,13H2,1H3. The lowest BCUT2D eigenvalue weighted by atomic mass is 10.1. The molecule has 1 aliphatic carbocycles. The van der Waals surface area contributed by atoms with Gasteiger partial charge in [0.15, 0.2) is 5.82 Å². The second kappa shape index (κ2) is 7.27. The van der Waals surface area contributed by atoms with Gasteiger partial charge in [-0.2, -0.15) is 0 Å². The molecule has 1 atom stereocenters. The summed E-state index contributed by atoms with van der Waals surface area (Å²) in [6.45, 7) is 3.79. The first-order chi connectivity index (χ1) is 12.7. The Morgan fingerprint density at radius 2 is 2.27 bits per heavy atom. The Morgan fingerprint density at radius 3 is 3.04 bits per heavy atom. The first-order valence-electron chi connectivity index (χ1n) is 9.16. The maximum atomic E-state index is 12.8. The van der Waals surface area contributed by atoms with Crippen LogP contribution in [0.5, 0.6) is 5.75 Å². The Morgan fingerprint density at radius 1 is 1.35 bits per heavy atom. The molecule has 0 bridgehead atoms.